The Morgan fingerprint density at radius 3 is 2.64 bits per heavy atom. The van der Waals surface area contributed by atoms with Crippen molar-refractivity contribution in [1.82, 2.24) is 20.3 Å². The second-order valence-corrected chi connectivity index (χ2v) is 7.92. The van der Waals surface area contributed by atoms with Gasteiger partial charge in [-0.1, -0.05) is 13.8 Å². The molecule has 2 aromatic heterocycles. The summed E-state index contributed by atoms with van der Waals surface area (Å²) in [5, 5.41) is 2.84. The predicted octanol–water partition coefficient (Wildman–Crippen LogP) is 3.46. The number of carbonyl (C=O) groups excluding carboxylic acids is 2. The first kappa shape index (κ1) is 21.9. The summed E-state index contributed by atoms with van der Waals surface area (Å²) in [5.74, 6) is 0.678. The highest BCUT2D eigenvalue weighted by atomic mass is 16.5. The number of carbonyl (C=O) groups is 2. The average molecular weight is 389 g/mol. The summed E-state index contributed by atoms with van der Waals surface area (Å²) >= 11 is 0. The van der Waals surface area contributed by atoms with Crippen LogP contribution >= 0.6 is 0 Å². The van der Waals surface area contributed by atoms with Crippen molar-refractivity contribution in [1.29, 1.82) is 0 Å². The van der Waals surface area contributed by atoms with Gasteiger partial charge in [0.25, 0.3) is 0 Å². The van der Waals surface area contributed by atoms with Crippen molar-refractivity contribution < 1.29 is 14.3 Å². The minimum Gasteiger partial charge on any atom is -0.461 e. The summed E-state index contributed by atoms with van der Waals surface area (Å²) in [4.78, 5) is 36.6. The number of hydrogen-bond donors (Lipinski definition) is 2. The maximum Gasteiger partial charge on any atom is 0.328 e. The number of ether oxygens (including phenoxy) is 1. The van der Waals surface area contributed by atoms with Gasteiger partial charge in [0.2, 0.25) is 5.91 Å². The maximum atomic E-state index is 12.3. The molecule has 2 rings (SSSR count). The molecule has 2 aromatic rings. The Hall–Kier alpha value is -2.44. The van der Waals surface area contributed by atoms with Crippen LogP contribution in [0.25, 0.3) is 11.0 Å². The van der Waals surface area contributed by atoms with E-state index in [4.69, 9.17) is 4.74 Å². The average Bonchev–Trinajstić information content (AvgIpc) is 2.98. The van der Waals surface area contributed by atoms with Gasteiger partial charge in [0, 0.05) is 12.6 Å². The second kappa shape index (κ2) is 10.2. The zero-order valence-electron chi connectivity index (χ0n) is 17.5. The number of nitrogens with one attached hydrogen (secondary N) is 2. The van der Waals surface area contributed by atoms with E-state index in [9.17, 15) is 9.59 Å². The number of nitrogens with zero attached hydrogens (tertiary/aromatic N) is 2. The highest BCUT2D eigenvalue weighted by Crippen LogP contribution is 2.16. The Morgan fingerprint density at radius 2 is 1.96 bits per heavy atom. The Kier molecular flexibility index (Phi) is 7.96. The fourth-order valence-electron chi connectivity index (χ4n) is 3.14. The number of amides is 1. The molecule has 7 heteroatoms. The van der Waals surface area contributed by atoms with Crippen LogP contribution < -0.4 is 5.32 Å². The van der Waals surface area contributed by atoms with E-state index in [0.717, 1.165) is 41.8 Å². The van der Waals surface area contributed by atoms with Crippen molar-refractivity contribution in [3.63, 3.8) is 0 Å². The van der Waals surface area contributed by atoms with E-state index in [0.29, 0.717) is 12.8 Å². The third-order valence-corrected chi connectivity index (χ3v) is 4.34. The lowest BCUT2D eigenvalue weighted by molar-refractivity contribution is -0.152. The van der Waals surface area contributed by atoms with Gasteiger partial charge in [0.15, 0.2) is 0 Å². The number of rotatable bonds is 10. The summed E-state index contributed by atoms with van der Waals surface area (Å²) in [6, 6.07) is 1.33. The fraction of sp³-hybridized carbons (Fsp3) is 0.619. The Bertz CT molecular complexity index is 798. The lowest BCUT2D eigenvalue weighted by Gasteiger charge is -2.20. The minimum atomic E-state index is -0.586. The van der Waals surface area contributed by atoms with Gasteiger partial charge in [-0.15, -0.1) is 0 Å². The molecule has 0 aromatic carbocycles. The van der Waals surface area contributed by atoms with Gasteiger partial charge in [-0.25, -0.2) is 9.78 Å². The summed E-state index contributed by atoms with van der Waals surface area (Å²) in [6.45, 7) is 9.58. The van der Waals surface area contributed by atoms with Crippen LogP contribution in [-0.4, -0.2) is 39.0 Å². The lowest BCUT2D eigenvalue weighted by Crippen LogP contribution is -2.43. The molecule has 7 nitrogen and oxygen atoms in total. The van der Waals surface area contributed by atoms with Gasteiger partial charge in [0.05, 0.1) is 17.3 Å². The van der Waals surface area contributed by atoms with Crippen LogP contribution in [0.4, 0.5) is 0 Å². The van der Waals surface area contributed by atoms with Gasteiger partial charge < -0.3 is 15.0 Å². The molecule has 0 radical (unpaired) electrons. The molecule has 0 fully saturated rings. The molecule has 0 unspecified atom stereocenters. The number of pyridine rings is 1. The molecule has 1 atom stereocenters. The van der Waals surface area contributed by atoms with Crippen molar-refractivity contribution >= 4 is 22.9 Å². The Balaban J connectivity index is 1.82. The third-order valence-electron chi connectivity index (χ3n) is 4.34. The molecule has 2 heterocycles. The largest absolute Gasteiger partial charge is 0.461 e. The number of H-pyrrole nitrogens is 1. The molecule has 154 valence electrons. The van der Waals surface area contributed by atoms with Crippen molar-refractivity contribution in [3.05, 3.63) is 23.8 Å². The molecular formula is C21H32N4O3. The topological polar surface area (TPSA) is 97.0 Å². The number of aromatic amines is 1. The molecule has 0 spiro atoms. The molecule has 0 saturated heterocycles. The number of fused-ring (bicyclic) bond motifs is 1. The number of aryl methyl sites for hydroxylation is 2. The maximum absolute atomic E-state index is 12.3. The Labute approximate surface area is 166 Å². The Morgan fingerprint density at radius 1 is 1.21 bits per heavy atom. The first-order chi connectivity index (χ1) is 13.3. The van der Waals surface area contributed by atoms with Crippen molar-refractivity contribution in [2.75, 3.05) is 0 Å². The van der Waals surface area contributed by atoms with E-state index in [1.807, 2.05) is 40.7 Å². The molecule has 0 aliphatic carbocycles. The monoisotopic (exact) mass is 388 g/mol. The van der Waals surface area contributed by atoms with Gasteiger partial charge in [-0.2, -0.15) is 0 Å². The normalized spacial score (nSPS) is 12.5. The van der Waals surface area contributed by atoms with Crippen molar-refractivity contribution in [3.8, 4) is 0 Å². The van der Waals surface area contributed by atoms with Crippen molar-refractivity contribution in [2.45, 2.75) is 78.9 Å². The van der Waals surface area contributed by atoms with E-state index in [1.165, 1.54) is 0 Å². The standard InChI is InChI=1S/C21H32N4O3/c1-13(2)12-18(21(27)28-14(3)4)25-19(26)9-7-6-8-16-20-17(10-11-22-16)23-15(5)24-20/h10-11,13-14,18H,6-9,12H2,1-5H3,(H,23,24)(H,25,26)/t18-/m0/s1. The van der Waals surface area contributed by atoms with Crippen LogP contribution in [0, 0.1) is 12.8 Å². The summed E-state index contributed by atoms with van der Waals surface area (Å²) < 4.78 is 5.27. The molecule has 1 amide bonds. The van der Waals surface area contributed by atoms with Gasteiger partial charge in [-0.05, 0) is 58.4 Å². The molecule has 2 N–H and O–H groups in total. The van der Waals surface area contributed by atoms with E-state index in [2.05, 4.69) is 20.3 Å². The van der Waals surface area contributed by atoms with E-state index in [-0.39, 0.29) is 23.9 Å². The molecule has 0 bridgehead atoms. The molecule has 28 heavy (non-hydrogen) atoms. The number of hydrogen-bond acceptors (Lipinski definition) is 5. The van der Waals surface area contributed by atoms with E-state index < -0.39 is 6.04 Å². The fourth-order valence-corrected chi connectivity index (χ4v) is 3.14. The number of imidazole rings is 1. The molecule has 0 saturated carbocycles. The lowest BCUT2D eigenvalue weighted by atomic mass is 10.0. The van der Waals surface area contributed by atoms with Crippen LogP contribution in [0.2, 0.25) is 0 Å². The quantitative estimate of drug-likeness (QED) is 0.480. The number of unbranched alkanes of at least 4 members (excludes halogenated alkanes) is 1. The van der Waals surface area contributed by atoms with E-state index >= 15 is 0 Å². The van der Waals surface area contributed by atoms with Crippen LogP contribution in [0.1, 0.15) is 64.9 Å². The number of esters is 1. The first-order valence-corrected chi connectivity index (χ1v) is 10.1. The summed E-state index contributed by atoms with van der Waals surface area (Å²) in [5.41, 5.74) is 2.83. The van der Waals surface area contributed by atoms with Gasteiger partial charge >= 0.3 is 5.97 Å². The molecule has 0 aliphatic heterocycles. The highest BCUT2D eigenvalue weighted by Gasteiger charge is 2.24. The second-order valence-electron chi connectivity index (χ2n) is 7.92. The van der Waals surface area contributed by atoms with Crippen LogP contribution in [0.5, 0.6) is 0 Å². The van der Waals surface area contributed by atoms with Crippen molar-refractivity contribution in [2.24, 2.45) is 5.92 Å². The first-order valence-electron chi connectivity index (χ1n) is 10.1. The summed E-state index contributed by atoms with van der Waals surface area (Å²) in [6.07, 6.45) is 4.84. The van der Waals surface area contributed by atoms with E-state index in [1.54, 1.807) is 6.20 Å². The smallest absolute Gasteiger partial charge is 0.328 e. The molecule has 0 aliphatic rings. The zero-order chi connectivity index (χ0) is 20.7. The number of aromatic nitrogens is 3. The summed E-state index contributed by atoms with van der Waals surface area (Å²) in [7, 11) is 0. The SMILES string of the molecule is Cc1nc2c(CCCCC(=O)N[C@@H](CC(C)C)C(=O)OC(C)C)nccc2[nH]1. The minimum absolute atomic E-state index is 0.117. The van der Waals surface area contributed by atoms with Gasteiger partial charge in [0.1, 0.15) is 17.4 Å². The zero-order valence-corrected chi connectivity index (χ0v) is 17.5. The third kappa shape index (κ3) is 6.62. The van der Waals surface area contributed by atoms with Crippen LogP contribution in [-0.2, 0) is 20.7 Å². The predicted molar refractivity (Wildman–Crippen MR) is 109 cm³/mol. The van der Waals surface area contributed by atoms with Crippen LogP contribution in [0.15, 0.2) is 12.3 Å². The van der Waals surface area contributed by atoms with Crippen LogP contribution in [0.3, 0.4) is 0 Å². The van der Waals surface area contributed by atoms with Gasteiger partial charge in [-0.3, -0.25) is 9.78 Å². The molecular weight excluding hydrogens is 356 g/mol. The highest BCUT2D eigenvalue weighted by molar-refractivity contribution is 5.84.